The summed E-state index contributed by atoms with van der Waals surface area (Å²) in [7, 11) is 1.60. The summed E-state index contributed by atoms with van der Waals surface area (Å²) >= 11 is 0. The number of anilines is 4. The minimum atomic E-state index is 0.501. The number of benzene rings is 1. The molecule has 0 aliphatic carbocycles. The third kappa shape index (κ3) is 4.32. The molecule has 0 aliphatic rings. The van der Waals surface area contributed by atoms with Gasteiger partial charge in [0.1, 0.15) is 35.4 Å². The van der Waals surface area contributed by atoms with E-state index in [1.54, 1.807) is 20.1 Å². The molecule has 10 nitrogen and oxygen atoms in total. The molecule has 0 saturated heterocycles. The standard InChI is InChI=1S/C20H20N8O2/c1-11-7-19(24-12(2)23-11)27-18-9-17(21-10-22-18)26-15-6-5-14(8-16(15)29-4)20-25-13(3)30-28-20/h5-10H,1-4H3,(H2,21,22,23,24,26,27). The molecule has 2 N–H and O–H groups in total. The molecule has 0 amide bonds. The average molecular weight is 404 g/mol. The Bertz CT molecular complexity index is 1170. The van der Waals surface area contributed by atoms with Crippen molar-refractivity contribution in [2.24, 2.45) is 0 Å². The van der Waals surface area contributed by atoms with Gasteiger partial charge in [0.25, 0.3) is 0 Å². The SMILES string of the molecule is COc1cc(-c2noc(C)n2)ccc1Nc1cc(Nc2cc(C)nc(C)n2)ncn1. The van der Waals surface area contributed by atoms with E-state index in [1.807, 2.05) is 38.1 Å². The number of hydrogen-bond donors (Lipinski definition) is 2. The van der Waals surface area contributed by atoms with Crippen LogP contribution in [0, 0.1) is 20.8 Å². The Hall–Kier alpha value is -4.08. The summed E-state index contributed by atoms with van der Waals surface area (Å²) in [5, 5.41) is 10.4. The van der Waals surface area contributed by atoms with E-state index in [4.69, 9.17) is 9.26 Å². The summed E-state index contributed by atoms with van der Waals surface area (Å²) in [5.74, 6) is 4.17. The van der Waals surface area contributed by atoms with Gasteiger partial charge in [0.2, 0.25) is 11.7 Å². The van der Waals surface area contributed by atoms with Crippen molar-refractivity contribution in [2.75, 3.05) is 17.7 Å². The first-order valence-electron chi connectivity index (χ1n) is 9.17. The fourth-order valence-corrected chi connectivity index (χ4v) is 2.89. The Morgan fingerprint density at radius 2 is 1.67 bits per heavy atom. The van der Waals surface area contributed by atoms with Gasteiger partial charge in [-0.05, 0) is 32.0 Å². The molecule has 3 aromatic heterocycles. The zero-order valence-electron chi connectivity index (χ0n) is 17.0. The van der Waals surface area contributed by atoms with Crippen LogP contribution < -0.4 is 15.4 Å². The van der Waals surface area contributed by atoms with Gasteiger partial charge >= 0.3 is 0 Å². The summed E-state index contributed by atoms with van der Waals surface area (Å²) in [6.07, 6.45) is 1.47. The smallest absolute Gasteiger partial charge is 0.223 e. The number of methoxy groups -OCH3 is 1. The van der Waals surface area contributed by atoms with Crippen LogP contribution in [0.4, 0.5) is 23.1 Å². The highest BCUT2D eigenvalue weighted by atomic mass is 16.5. The lowest BCUT2D eigenvalue weighted by molar-refractivity contribution is 0.394. The molecule has 0 saturated carbocycles. The van der Waals surface area contributed by atoms with Crippen molar-refractivity contribution < 1.29 is 9.26 Å². The average Bonchev–Trinajstić information content (AvgIpc) is 3.14. The summed E-state index contributed by atoms with van der Waals surface area (Å²) in [6.45, 7) is 5.50. The molecule has 4 aromatic rings. The van der Waals surface area contributed by atoms with Crippen LogP contribution >= 0.6 is 0 Å². The van der Waals surface area contributed by atoms with Crippen molar-refractivity contribution in [3.63, 3.8) is 0 Å². The van der Waals surface area contributed by atoms with Crippen molar-refractivity contribution in [3.05, 3.63) is 54.1 Å². The maximum atomic E-state index is 5.51. The number of aromatic nitrogens is 6. The van der Waals surface area contributed by atoms with Gasteiger partial charge in [-0.2, -0.15) is 4.98 Å². The quantitative estimate of drug-likeness (QED) is 0.491. The van der Waals surface area contributed by atoms with Gasteiger partial charge in [0.05, 0.1) is 12.8 Å². The Kier molecular flexibility index (Phi) is 5.21. The molecule has 3 heterocycles. The molecule has 30 heavy (non-hydrogen) atoms. The predicted octanol–water partition coefficient (Wildman–Crippen LogP) is 3.74. The molecule has 4 rings (SSSR count). The summed E-state index contributed by atoms with van der Waals surface area (Å²) in [6, 6.07) is 9.21. The molecular weight excluding hydrogens is 384 g/mol. The fraction of sp³-hybridized carbons (Fsp3) is 0.200. The predicted molar refractivity (Wildman–Crippen MR) is 111 cm³/mol. The summed E-state index contributed by atoms with van der Waals surface area (Å²) < 4.78 is 10.6. The second-order valence-corrected chi connectivity index (χ2v) is 6.53. The molecule has 0 radical (unpaired) electrons. The highest BCUT2D eigenvalue weighted by Gasteiger charge is 2.11. The molecule has 10 heteroatoms. The second-order valence-electron chi connectivity index (χ2n) is 6.53. The van der Waals surface area contributed by atoms with Crippen molar-refractivity contribution >= 4 is 23.1 Å². The monoisotopic (exact) mass is 404 g/mol. The van der Waals surface area contributed by atoms with Crippen LogP contribution in [-0.4, -0.2) is 37.2 Å². The number of hydrogen-bond acceptors (Lipinski definition) is 10. The van der Waals surface area contributed by atoms with Crippen molar-refractivity contribution in [3.8, 4) is 17.1 Å². The van der Waals surface area contributed by atoms with E-state index in [0.29, 0.717) is 40.7 Å². The first-order valence-corrected chi connectivity index (χ1v) is 9.17. The van der Waals surface area contributed by atoms with E-state index in [2.05, 4.69) is 40.7 Å². The Labute approximate surface area is 172 Å². The normalized spacial score (nSPS) is 10.7. The van der Waals surface area contributed by atoms with Gasteiger partial charge in [-0.25, -0.2) is 19.9 Å². The lowest BCUT2D eigenvalue weighted by atomic mass is 10.1. The number of nitrogens with one attached hydrogen (secondary N) is 2. The van der Waals surface area contributed by atoms with E-state index in [0.717, 1.165) is 16.9 Å². The molecular formula is C20H20N8O2. The molecule has 152 valence electrons. The van der Waals surface area contributed by atoms with Crippen LogP contribution in [0.15, 0.2) is 41.2 Å². The van der Waals surface area contributed by atoms with Crippen LogP contribution in [0.1, 0.15) is 17.4 Å². The third-order valence-corrected chi connectivity index (χ3v) is 4.14. The summed E-state index contributed by atoms with van der Waals surface area (Å²) in [5.41, 5.74) is 2.40. The maximum Gasteiger partial charge on any atom is 0.223 e. The molecule has 0 fully saturated rings. The Morgan fingerprint density at radius 3 is 2.37 bits per heavy atom. The van der Waals surface area contributed by atoms with Gasteiger partial charge in [0, 0.05) is 30.3 Å². The van der Waals surface area contributed by atoms with Gasteiger partial charge in [-0.3, -0.25) is 0 Å². The molecule has 0 spiro atoms. The fourth-order valence-electron chi connectivity index (χ4n) is 2.89. The number of ether oxygens (including phenoxy) is 1. The summed E-state index contributed by atoms with van der Waals surface area (Å²) in [4.78, 5) is 21.4. The lowest BCUT2D eigenvalue weighted by Gasteiger charge is -2.12. The van der Waals surface area contributed by atoms with Crippen LogP contribution in [0.3, 0.4) is 0 Å². The molecule has 0 unspecified atom stereocenters. The van der Waals surface area contributed by atoms with E-state index in [-0.39, 0.29) is 0 Å². The zero-order chi connectivity index (χ0) is 21.1. The number of nitrogens with zero attached hydrogens (tertiary/aromatic N) is 6. The lowest BCUT2D eigenvalue weighted by Crippen LogP contribution is -2.02. The second kappa shape index (κ2) is 8.11. The van der Waals surface area contributed by atoms with Gasteiger partial charge in [0.15, 0.2) is 0 Å². The van der Waals surface area contributed by atoms with Crippen LogP contribution in [0.5, 0.6) is 5.75 Å². The van der Waals surface area contributed by atoms with Crippen molar-refractivity contribution in [1.29, 1.82) is 0 Å². The number of rotatable bonds is 6. The largest absolute Gasteiger partial charge is 0.495 e. The minimum Gasteiger partial charge on any atom is -0.495 e. The molecule has 0 bridgehead atoms. The van der Waals surface area contributed by atoms with E-state index in [9.17, 15) is 0 Å². The van der Waals surface area contributed by atoms with Gasteiger partial charge in [-0.1, -0.05) is 5.16 Å². The van der Waals surface area contributed by atoms with Crippen LogP contribution in [-0.2, 0) is 0 Å². The third-order valence-electron chi connectivity index (χ3n) is 4.14. The molecule has 0 atom stereocenters. The Balaban J connectivity index is 1.56. The molecule has 0 aliphatic heterocycles. The van der Waals surface area contributed by atoms with Crippen LogP contribution in [0.25, 0.3) is 11.4 Å². The zero-order valence-corrected chi connectivity index (χ0v) is 17.0. The van der Waals surface area contributed by atoms with E-state index < -0.39 is 0 Å². The van der Waals surface area contributed by atoms with Crippen molar-refractivity contribution in [1.82, 2.24) is 30.1 Å². The van der Waals surface area contributed by atoms with E-state index >= 15 is 0 Å². The highest BCUT2D eigenvalue weighted by Crippen LogP contribution is 2.31. The first kappa shape index (κ1) is 19.2. The Morgan fingerprint density at radius 1 is 0.867 bits per heavy atom. The topological polar surface area (TPSA) is 124 Å². The highest BCUT2D eigenvalue weighted by molar-refractivity contribution is 5.71. The number of aryl methyl sites for hydroxylation is 3. The van der Waals surface area contributed by atoms with Gasteiger partial charge in [-0.15, -0.1) is 0 Å². The van der Waals surface area contributed by atoms with Crippen LogP contribution in [0.2, 0.25) is 0 Å². The first-order chi connectivity index (χ1) is 14.5. The van der Waals surface area contributed by atoms with Gasteiger partial charge < -0.3 is 19.9 Å². The van der Waals surface area contributed by atoms with E-state index in [1.165, 1.54) is 6.33 Å². The molecule has 1 aromatic carbocycles. The maximum absolute atomic E-state index is 5.51. The minimum absolute atomic E-state index is 0.501. The van der Waals surface area contributed by atoms with Crippen molar-refractivity contribution in [2.45, 2.75) is 20.8 Å².